The minimum Gasteiger partial charge on any atom is -0.337 e. The van der Waals surface area contributed by atoms with Crippen molar-refractivity contribution in [3.05, 3.63) is 47.1 Å². The summed E-state index contributed by atoms with van der Waals surface area (Å²) in [5.41, 5.74) is 1.05. The lowest BCUT2D eigenvalue weighted by Crippen LogP contribution is -2.41. The quantitative estimate of drug-likeness (QED) is 0.843. The first-order valence-electron chi connectivity index (χ1n) is 7.12. The average Bonchev–Trinajstić information content (AvgIpc) is 3.15. The fraction of sp³-hybridized carbons (Fsp3) is 0.333. The summed E-state index contributed by atoms with van der Waals surface area (Å²) in [6, 6.07) is 7.31. The molecule has 1 spiro atoms. The van der Waals surface area contributed by atoms with Crippen molar-refractivity contribution in [1.29, 1.82) is 0 Å². The maximum Gasteiger partial charge on any atom is 0.325 e. The molecular weight excluding hydrogens is 284 g/mol. The topological polar surface area (TPSA) is 88.3 Å². The van der Waals surface area contributed by atoms with Crippen molar-refractivity contribution in [1.82, 2.24) is 20.4 Å². The van der Waals surface area contributed by atoms with E-state index in [0.717, 1.165) is 22.4 Å². The van der Waals surface area contributed by atoms with E-state index in [1.54, 1.807) is 6.92 Å². The summed E-state index contributed by atoms with van der Waals surface area (Å²) in [6.07, 6.45) is 1.35. The maximum atomic E-state index is 12.9. The van der Waals surface area contributed by atoms with Crippen LogP contribution in [0.5, 0.6) is 0 Å². The maximum absolute atomic E-state index is 12.9. The van der Waals surface area contributed by atoms with Crippen molar-refractivity contribution < 1.29 is 14.1 Å². The Kier molecular flexibility index (Phi) is 2.60. The zero-order valence-corrected chi connectivity index (χ0v) is 12.0. The molecule has 7 heteroatoms. The largest absolute Gasteiger partial charge is 0.337 e. The Morgan fingerprint density at radius 2 is 2.18 bits per heavy atom. The number of hydrogen-bond acceptors (Lipinski definition) is 5. The standard InChI is InChI=1S/C15H14N4O3/c1-9-16-12(22-18-9)8-19-13(20)15(17-14(19)21)7-6-10-4-2-3-5-11(10)15/h2-5H,6-8H2,1H3,(H,17,21)/t15-/m1/s1. The summed E-state index contributed by atoms with van der Waals surface area (Å²) in [5, 5.41) is 6.54. The molecule has 0 radical (unpaired) electrons. The van der Waals surface area contributed by atoms with Gasteiger partial charge >= 0.3 is 6.03 Å². The second kappa shape index (κ2) is 4.40. The fourth-order valence-electron chi connectivity index (χ4n) is 3.27. The Bertz CT molecular complexity index is 785. The van der Waals surface area contributed by atoms with Crippen LogP contribution in [0.3, 0.4) is 0 Å². The van der Waals surface area contributed by atoms with Crippen molar-refractivity contribution in [2.75, 3.05) is 0 Å². The zero-order valence-electron chi connectivity index (χ0n) is 12.0. The Morgan fingerprint density at radius 3 is 2.95 bits per heavy atom. The molecule has 0 bridgehead atoms. The van der Waals surface area contributed by atoms with Gasteiger partial charge in [0.1, 0.15) is 12.1 Å². The number of aromatic nitrogens is 2. The SMILES string of the molecule is Cc1noc(CN2C(=O)N[C@@]3(CCc4ccccc43)C2=O)n1. The minimum absolute atomic E-state index is 0.00454. The van der Waals surface area contributed by atoms with Gasteiger partial charge in [-0.1, -0.05) is 29.4 Å². The number of rotatable bonds is 2. The molecule has 1 saturated heterocycles. The average molecular weight is 298 g/mol. The summed E-state index contributed by atoms with van der Waals surface area (Å²) < 4.78 is 5.01. The molecule has 1 atom stereocenters. The predicted molar refractivity (Wildman–Crippen MR) is 74.6 cm³/mol. The van der Waals surface area contributed by atoms with E-state index in [9.17, 15) is 9.59 Å². The molecule has 1 aliphatic carbocycles. The van der Waals surface area contributed by atoms with Crippen molar-refractivity contribution in [2.24, 2.45) is 0 Å². The Balaban J connectivity index is 1.68. The van der Waals surface area contributed by atoms with Gasteiger partial charge in [-0.2, -0.15) is 4.98 Å². The van der Waals surface area contributed by atoms with Crippen LogP contribution in [0, 0.1) is 6.92 Å². The highest BCUT2D eigenvalue weighted by Crippen LogP contribution is 2.41. The lowest BCUT2D eigenvalue weighted by Gasteiger charge is -2.21. The Morgan fingerprint density at radius 1 is 1.36 bits per heavy atom. The van der Waals surface area contributed by atoms with Gasteiger partial charge in [-0.25, -0.2) is 4.79 Å². The van der Waals surface area contributed by atoms with E-state index in [1.807, 2.05) is 24.3 Å². The van der Waals surface area contributed by atoms with Crippen LogP contribution in [-0.4, -0.2) is 27.0 Å². The number of amides is 3. The van der Waals surface area contributed by atoms with Crippen LogP contribution >= 0.6 is 0 Å². The third-order valence-corrected chi connectivity index (χ3v) is 4.29. The summed E-state index contributed by atoms with van der Waals surface area (Å²) in [7, 11) is 0. The summed E-state index contributed by atoms with van der Waals surface area (Å²) in [5.74, 6) is 0.477. The van der Waals surface area contributed by atoms with Crippen LogP contribution in [-0.2, 0) is 23.3 Å². The first-order valence-corrected chi connectivity index (χ1v) is 7.12. The van der Waals surface area contributed by atoms with Crippen molar-refractivity contribution >= 4 is 11.9 Å². The molecule has 4 rings (SSSR count). The molecule has 1 aromatic heterocycles. The number of urea groups is 1. The van der Waals surface area contributed by atoms with Crippen molar-refractivity contribution in [2.45, 2.75) is 31.8 Å². The first kappa shape index (κ1) is 13.0. The van der Waals surface area contributed by atoms with Crippen LogP contribution in [0.4, 0.5) is 4.79 Å². The molecular formula is C15H14N4O3. The molecule has 22 heavy (non-hydrogen) atoms. The zero-order chi connectivity index (χ0) is 15.3. The van der Waals surface area contributed by atoms with E-state index in [-0.39, 0.29) is 18.3 Å². The summed E-state index contributed by atoms with van der Waals surface area (Å²) >= 11 is 0. The van der Waals surface area contributed by atoms with Gasteiger partial charge in [0.25, 0.3) is 5.91 Å². The van der Waals surface area contributed by atoms with E-state index in [4.69, 9.17) is 4.52 Å². The number of carbonyl (C=O) groups is 2. The molecule has 1 aliphatic heterocycles. The van der Waals surface area contributed by atoms with Crippen LogP contribution in [0.2, 0.25) is 0 Å². The second-order valence-corrected chi connectivity index (χ2v) is 5.62. The number of carbonyl (C=O) groups excluding carboxylic acids is 2. The van der Waals surface area contributed by atoms with E-state index >= 15 is 0 Å². The number of nitrogens with zero attached hydrogens (tertiary/aromatic N) is 3. The van der Waals surface area contributed by atoms with Crippen LogP contribution in [0.25, 0.3) is 0 Å². The molecule has 2 aromatic rings. The highest BCUT2D eigenvalue weighted by molar-refractivity contribution is 6.07. The third kappa shape index (κ3) is 1.68. The smallest absolute Gasteiger partial charge is 0.325 e. The van der Waals surface area contributed by atoms with Gasteiger partial charge in [0, 0.05) is 0 Å². The number of benzene rings is 1. The van der Waals surface area contributed by atoms with Crippen LogP contribution < -0.4 is 5.32 Å². The minimum atomic E-state index is -0.942. The number of fused-ring (bicyclic) bond motifs is 2. The van der Waals surface area contributed by atoms with Gasteiger partial charge in [-0.15, -0.1) is 0 Å². The van der Waals surface area contributed by atoms with E-state index in [1.165, 1.54) is 0 Å². The lowest BCUT2D eigenvalue weighted by molar-refractivity contribution is -0.132. The van der Waals surface area contributed by atoms with Crippen molar-refractivity contribution in [3.63, 3.8) is 0 Å². The first-order chi connectivity index (χ1) is 10.6. The Hall–Kier alpha value is -2.70. The molecule has 2 heterocycles. The highest BCUT2D eigenvalue weighted by Gasteiger charge is 2.55. The van der Waals surface area contributed by atoms with Crippen LogP contribution in [0.15, 0.2) is 28.8 Å². The van der Waals surface area contributed by atoms with E-state index < -0.39 is 11.6 Å². The predicted octanol–water partition coefficient (Wildman–Crippen LogP) is 1.27. The number of aryl methyl sites for hydroxylation is 2. The third-order valence-electron chi connectivity index (χ3n) is 4.29. The molecule has 1 aromatic carbocycles. The van der Waals surface area contributed by atoms with Gasteiger partial charge in [-0.3, -0.25) is 9.69 Å². The molecule has 2 aliphatic rings. The fourth-order valence-corrected chi connectivity index (χ4v) is 3.27. The lowest BCUT2D eigenvalue weighted by atomic mass is 9.92. The Labute approximate surface area is 126 Å². The molecule has 112 valence electrons. The summed E-state index contributed by atoms with van der Waals surface area (Å²) in [4.78, 5) is 30.3. The van der Waals surface area contributed by atoms with Gasteiger partial charge in [0.2, 0.25) is 5.89 Å². The number of nitrogens with one attached hydrogen (secondary N) is 1. The normalized spacial score (nSPS) is 23.2. The monoisotopic (exact) mass is 298 g/mol. The molecule has 0 saturated carbocycles. The van der Waals surface area contributed by atoms with E-state index in [0.29, 0.717) is 12.2 Å². The molecule has 1 fully saturated rings. The number of imide groups is 1. The molecule has 1 N–H and O–H groups in total. The van der Waals surface area contributed by atoms with Gasteiger partial charge in [0.15, 0.2) is 5.82 Å². The van der Waals surface area contributed by atoms with Crippen LogP contribution in [0.1, 0.15) is 29.3 Å². The van der Waals surface area contributed by atoms with E-state index in [2.05, 4.69) is 15.5 Å². The molecule has 0 unspecified atom stereocenters. The molecule has 3 amide bonds. The van der Waals surface area contributed by atoms with Gasteiger partial charge < -0.3 is 9.84 Å². The molecule has 7 nitrogen and oxygen atoms in total. The van der Waals surface area contributed by atoms with Gasteiger partial charge in [-0.05, 0) is 30.9 Å². The highest BCUT2D eigenvalue weighted by atomic mass is 16.5. The van der Waals surface area contributed by atoms with Gasteiger partial charge in [0.05, 0.1) is 0 Å². The second-order valence-electron chi connectivity index (χ2n) is 5.62. The summed E-state index contributed by atoms with van der Waals surface area (Å²) in [6.45, 7) is 1.68. The number of hydrogen-bond donors (Lipinski definition) is 1. The van der Waals surface area contributed by atoms with Crippen molar-refractivity contribution in [3.8, 4) is 0 Å².